The van der Waals surface area contributed by atoms with Crippen molar-refractivity contribution >= 4 is 43.1 Å². The SMILES string of the molecule is CCCCS(=O)(=O)Nc1cccc(CCN2CCN(c3nsc4ccccc34)CC2)c1. The maximum absolute atomic E-state index is 12.2. The Morgan fingerprint density at radius 2 is 1.87 bits per heavy atom. The van der Waals surface area contributed by atoms with Gasteiger partial charge in [-0.05, 0) is 54.2 Å². The molecule has 0 spiro atoms. The summed E-state index contributed by atoms with van der Waals surface area (Å²) >= 11 is 1.57. The number of hydrogen-bond donors (Lipinski definition) is 1. The average molecular weight is 459 g/mol. The third-order valence-corrected chi connectivity index (χ3v) is 7.90. The topological polar surface area (TPSA) is 65.5 Å². The Hall–Kier alpha value is -2.16. The second kappa shape index (κ2) is 9.97. The monoisotopic (exact) mass is 458 g/mol. The van der Waals surface area contributed by atoms with Crippen molar-refractivity contribution in [3.05, 3.63) is 54.1 Å². The van der Waals surface area contributed by atoms with Crippen LogP contribution in [-0.4, -0.2) is 56.2 Å². The minimum absolute atomic E-state index is 0.173. The Kier molecular flexibility index (Phi) is 7.09. The molecule has 0 atom stereocenters. The van der Waals surface area contributed by atoms with E-state index in [2.05, 4.69) is 49.2 Å². The maximum atomic E-state index is 12.2. The predicted molar refractivity (Wildman–Crippen MR) is 131 cm³/mol. The van der Waals surface area contributed by atoms with Crippen LogP contribution in [0.3, 0.4) is 0 Å². The lowest BCUT2D eigenvalue weighted by Crippen LogP contribution is -2.47. The summed E-state index contributed by atoms with van der Waals surface area (Å²) in [5.74, 6) is 1.29. The Labute approximate surface area is 189 Å². The van der Waals surface area contributed by atoms with Gasteiger partial charge < -0.3 is 4.90 Å². The Bertz CT molecular complexity index is 1110. The van der Waals surface area contributed by atoms with E-state index < -0.39 is 10.0 Å². The zero-order valence-corrected chi connectivity index (χ0v) is 19.6. The van der Waals surface area contributed by atoms with Crippen LogP contribution in [0.4, 0.5) is 11.5 Å². The molecule has 1 fully saturated rings. The van der Waals surface area contributed by atoms with Crippen LogP contribution in [-0.2, 0) is 16.4 Å². The van der Waals surface area contributed by atoms with Gasteiger partial charge in [-0.25, -0.2) is 8.42 Å². The van der Waals surface area contributed by atoms with Crippen molar-refractivity contribution in [2.75, 3.05) is 48.1 Å². The average Bonchev–Trinajstić information content (AvgIpc) is 3.21. The number of fused-ring (bicyclic) bond motifs is 1. The van der Waals surface area contributed by atoms with Gasteiger partial charge in [0.25, 0.3) is 0 Å². The summed E-state index contributed by atoms with van der Waals surface area (Å²) in [6.07, 6.45) is 2.45. The minimum atomic E-state index is -3.26. The molecule has 3 aromatic rings. The minimum Gasteiger partial charge on any atom is -0.353 e. The van der Waals surface area contributed by atoms with Crippen molar-refractivity contribution in [3.8, 4) is 0 Å². The van der Waals surface area contributed by atoms with Gasteiger partial charge in [0.2, 0.25) is 10.0 Å². The van der Waals surface area contributed by atoms with E-state index in [0.29, 0.717) is 12.1 Å². The van der Waals surface area contributed by atoms with Gasteiger partial charge in [-0.1, -0.05) is 37.6 Å². The molecule has 6 nitrogen and oxygen atoms in total. The summed E-state index contributed by atoms with van der Waals surface area (Å²) in [4.78, 5) is 4.87. The molecule has 0 radical (unpaired) electrons. The summed E-state index contributed by atoms with van der Waals surface area (Å²) < 4.78 is 33.0. The first-order valence-electron chi connectivity index (χ1n) is 11.0. The molecule has 1 aromatic heterocycles. The zero-order valence-electron chi connectivity index (χ0n) is 18.0. The number of aromatic nitrogens is 1. The van der Waals surface area contributed by atoms with Crippen molar-refractivity contribution in [1.29, 1.82) is 0 Å². The molecule has 8 heteroatoms. The number of piperazine rings is 1. The highest BCUT2D eigenvalue weighted by atomic mass is 32.2. The number of benzene rings is 2. The molecular weight excluding hydrogens is 428 g/mol. The highest BCUT2D eigenvalue weighted by molar-refractivity contribution is 7.92. The fraction of sp³-hybridized carbons (Fsp3) is 0.435. The van der Waals surface area contributed by atoms with Gasteiger partial charge in [-0.15, -0.1) is 0 Å². The van der Waals surface area contributed by atoms with Gasteiger partial charge in [0, 0.05) is 43.8 Å². The molecule has 0 aliphatic carbocycles. The van der Waals surface area contributed by atoms with Crippen LogP contribution in [0.1, 0.15) is 25.3 Å². The van der Waals surface area contributed by atoms with Crippen LogP contribution < -0.4 is 9.62 Å². The predicted octanol–water partition coefficient (Wildman–Crippen LogP) is 4.20. The largest absolute Gasteiger partial charge is 0.353 e. The first-order chi connectivity index (χ1) is 15.0. The highest BCUT2D eigenvalue weighted by Crippen LogP contribution is 2.29. The van der Waals surface area contributed by atoms with E-state index in [-0.39, 0.29) is 5.75 Å². The molecule has 1 N–H and O–H groups in total. The Morgan fingerprint density at radius 1 is 1.06 bits per heavy atom. The first kappa shape index (κ1) is 22.0. The van der Waals surface area contributed by atoms with E-state index in [1.165, 1.54) is 10.1 Å². The normalized spacial score (nSPS) is 15.5. The molecular formula is C23H30N4O2S2. The van der Waals surface area contributed by atoms with Crippen molar-refractivity contribution in [1.82, 2.24) is 9.27 Å². The second-order valence-electron chi connectivity index (χ2n) is 8.06. The van der Waals surface area contributed by atoms with Gasteiger partial charge in [0.05, 0.1) is 10.5 Å². The quantitative estimate of drug-likeness (QED) is 0.521. The summed E-state index contributed by atoms with van der Waals surface area (Å²) in [5, 5.41) is 1.25. The van der Waals surface area contributed by atoms with E-state index in [1.54, 1.807) is 11.5 Å². The summed E-state index contributed by atoms with van der Waals surface area (Å²) in [6.45, 7) is 6.94. The summed E-state index contributed by atoms with van der Waals surface area (Å²) in [5.41, 5.74) is 1.82. The van der Waals surface area contributed by atoms with Crippen molar-refractivity contribution in [2.45, 2.75) is 26.2 Å². The number of anilines is 2. The number of sulfonamides is 1. The fourth-order valence-corrected chi connectivity index (χ4v) is 5.98. The van der Waals surface area contributed by atoms with Crippen LogP contribution in [0.25, 0.3) is 10.1 Å². The molecule has 2 heterocycles. The lowest BCUT2D eigenvalue weighted by Gasteiger charge is -2.35. The molecule has 166 valence electrons. The molecule has 1 aliphatic rings. The lowest BCUT2D eigenvalue weighted by molar-refractivity contribution is 0.261. The number of rotatable bonds is 9. The molecule has 2 aromatic carbocycles. The summed E-state index contributed by atoms with van der Waals surface area (Å²) in [6, 6.07) is 16.2. The smallest absolute Gasteiger partial charge is 0.232 e. The molecule has 0 bridgehead atoms. The van der Waals surface area contributed by atoms with Gasteiger partial charge in [0.1, 0.15) is 5.82 Å². The van der Waals surface area contributed by atoms with Crippen molar-refractivity contribution in [2.24, 2.45) is 0 Å². The van der Waals surface area contributed by atoms with E-state index in [4.69, 9.17) is 0 Å². The van der Waals surface area contributed by atoms with Crippen LogP contribution in [0.15, 0.2) is 48.5 Å². The highest BCUT2D eigenvalue weighted by Gasteiger charge is 2.20. The molecule has 0 unspecified atom stereocenters. The Morgan fingerprint density at radius 3 is 2.68 bits per heavy atom. The van der Waals surface area contributed by atoms with Gasteiger partial charge in [-0.3, -0.25) is 9.62 Å². The van der Waals surface area contributed by atoms with Crippen molar-refractivity contribution < 1.29 is 8.42 Å². The van der Waals surface area contributed by atoms with Crippen LogP contribution in [0, 0.1) is 0 Å². The molecule has 0 saturated carbocycles. The maximum Gasteiger partial charge on any atom is 0.232 e. The Balaban J connectivity index is 1.29. The van der Waals surface area contributed by atoms with Gasteiger partial charge >= 0.3 is 0 Å². The van der Waals surface area contributed by atoms with Crippen molar-refractivity contribution in [3.63, 3.8) is 0 Å². The second-order valence-corrected chi connectivity index (χ2v) is 10.7. The third-order valence-electron chi connectivity index (χ3n) is 5.71. The summed E-state index contributed by atoms with van der Waals surface area (Å²) in [7, 11) is -3.26. The lowest BCUT2D eigenvalue weighted by atomic mass is 10.1. The van der Waals surface area contributed by atoms with E-state index in [0.717, 1.165) is 56.9 Å². The first-order valence-corrected chi connectivity index (χ1v) is 13.4. The van der Waals surface area contributed by atoms with Crippen LogP contribution >= 0.6 is 11.5 Å². The fourth-order valence-electron chi connectivity index (χ4n) is 3.93. The molecule has 31 heavy (non-hydrogen) atoms. The molecule has 4 rings (SSSR count). The molecule has 0 amide bonds. The molecule has 1 aliphatic heterocycles. The number of hydrogen-bond acceptors (Lipinski definition) is 6. The van der Waals surface area contributed by atoms with E-state index in [1.807, 2.05) is 25.1 Å². The standard InChI is InChI=1S/C23H30N4O2S2/c1-2-3-17-31(28,29)25-20-8-6-7-19(18-20)11-12-26-13-15-27(16-14-26)23-21-9-4-5-10-22(21)30-24-23/h4-10,18,25H,2-3,11-17H2,1H3. The molecule has 1 saturated heterocycles. The van der Waals surface area contributed by atoms with Gasteiger partial charge in [-0.2, -0.15) is 4.37 Å². The number of nitrogens with one attached hydrogen (secondary N) is 1. The number of nitrogens with zero attached hydrogens (tertiary/aromatic N) is 3. The number of unbranched alkanes of at least 4 members (excludes halogenated alkanes) is 1. The van der Waals surface area contributed by atoms with Gasteiger partial charge in [0.15, 0.2) is 0 Å². The zero-order chi connectivity index (χ0) is 21.7. The third kappa shape index (κ3) is 5.75. The van der Waals surface area contributed by atoms with E-state index in [9.17, 15) is 8.42 Å². The van der Waals surface area contributed by atoms with E-state index >= 15 is 0 Å². The van der Waals surface area contributed by atoms with Crippen LogP contribution in [0.5, 0.6) is 0 Å². The van der Waals surface area contributed by atoms with Crippen LogP contribution in [0.2, 0.25) is 0 Å².